The predicted molar refractivity (Wildman–Crippen MR) is 103 cm³/mol. The number of rotatable bonds is 6. The first-order valence-electron chi connectivity index (χ1n) is 8.58. The van der Waals surface area contributed by atoms with E-state index >= 15 is 0 Å². The molecule has 0 fully saturated rings. The van der Waals surface area contributed by atoms with E-state index in [-0.39, 0.29) is 5.91 Å². The van der Waals surface area contributed by atoms with Gasteiger partial charge in [0.1, 0.15) is 0 Å². The molecular formula is C22H24N2O. The molecule has 0 heterocycles. The van der Waals surface area contributed by atoms with Crippen molar-refractivity contribution in [1.82, 2.24) is 10.2 Å². The quantitative estimate of drug-likeness (QED) is 0.742. The van der Waals surface area contributed by atoms with Crippen molar-refractivity contribution in [3.05, 3.63) is 83.4 Å². The summed E-state index contributed by atoms with van der Waals surface area (Å²) >= 11 is 0. The molecule has 0 aliphatic heterocycles. The van der Waals surface area contributed by atoms with E-state index in [1.165, 1.54) is 21.9 Å². The van der Waals surface area contributed by atoms with Gasteiger partial charge in [-0.2, -0.15) is 0 Å². The molecule has 0 aromatic heterocycles. The molecule has 0 aliphatic rings. The maximum atomic E-state index is 12.1. The summed E-state index contributed by atoms with van der Waals surface area (Å²) in [5, 5.41) is 5.46. The number of hydrogen-bond donors (Lipinski definition) is 1. The number of fused-ring (bicyclic) bond motifs is 1. The summed E-state index contributed by atoms with van der Waals surface area (Å²) in [6.45, 7) is 3.77. The highest BCUT2D eigenvalue weighted by atomic mass is 16.2. The Bertz CT molecular complexity index is 855. The minimum atomic E-state index is 0.0452. The number of aryl methyl sites for hydroxylation is 1. The Kier molecular flexibility index (Phi) is 5.46. The van der Waals surface area contributed by atoms with Crippen LogP contribution in [0.2, 0.25) is 0 Å². The van der Waals surface area contributed by atoms with Crippen LogP contribution in [-0.4, -0.2) is 24.4 Å². The Labute approximate surface area is 149 Å². The minimum absolute atomic E-state index is 0.0452. The zero-order chi connectivity index (χ0) is 17.6. The summed E-state index contributed by atoms with van der Waals surface area (Å²) < 4.78 is 0. The smallest absolute Gasteiger partial charge is 0.234 e. The Morgan fingerprint density at radius 3 is 2.36 bits per heavy atom. The molecule has 0 saturated carbocycles. The van der Waals surface area contributed by atoms with Crippen molar-refractivity contribution >= 4 is 16.7 Å². The number of hydrogen-bond acceptors (Lipinski definition) is 2. The maximum Gasteiger partial charge on any atom is 0.234 e. The molecule has 1 N–H and O–H groups in total. The summed E-state index contributed by atoms with van der Waals surface area (Å²) in [6.07, 6.45) is 0. The van der Waals surface area contributed by atoms with Crippen LogP contribution < -0.4 is 5.32 Å². The van der Waals surface area contributed by atoms with Gasteiger partial charge in [0.05, 0.1) is 6.54 Å². The molecule has 3 aromatic carbocycles. The molecule has 3 rings (SSSR count). The van der Waals surface area contributed by atoms with E-state index in [0.29, 0.717) is 13.1 Å². The van der Waals surface area contributed by atoms with Crippen LogP contribution in [-0.2, 0) is 17.9 Å². The van der Waals surface area contributed by atoms with Crippen LogP contribution in [0.3, 0.4) is 0 Å². The van der Waals surface area contributed by atoms with Gasteiger partial charge in [-0.05, 0) is 41.9 Å². The molecule has 1 amide bonds. The lowest BCUT2D eigenvalue weighted by atomic mass is 10.1. The SMILES string of the molecule is Cc1ccc(CNC(=O)CN(C)Cc2ccc3ccccc3c2)cc1. The average Bonchev–Trinajstić information content (AvgIpc) is 2.61. The van der Waals surface area contributed by atoms with Gasteiger partial charge >= 0.3 is 0 Å². The molecule has 25 heavy (non-hydrogen) atoms. The second-order valence-electron chi connectivity index (χ2n) is 6.62. The summed E-state index contributed by atoms with van der Waals surface area (Å²) in [7, 11) is 1.97. The lowest BCUT2D eigenvalue weighted by Crippen LogP contribution is -2.34. The van der Waals surface area contributed by atoms with Crippen molar-refractivity contribution in [1.29, 1.82) is 0 Å². The van der Waals surface area contributed by atoms with Crippen molar-refractivity contribution in [3.8, 4) is 0 Å². The van der Waals surface area contributed by atoms with E-state index < -0.39 is 0 Å². The third kappa shape index (κ3) is 4.91. The predicted octanol–water partition coefficient (Wildman–Crippen LogP) is 3.90. The van der Waals surface area contributed by atoms with E-state index in [0.717, 1.165) is 12.1 Å². The molecule has 0 unspecified atom stereocenters. The van der Waals surface area contributed by atoms with Gasteiger partial charge in [0.25, 0.3) is 0 Å². The number of likely N-dealkylation sites (N-methyl/N-ethyl adjacent to an activating group) is 1. The molecule has 0 atom stereocenters. The summed E-state index contributed by atoms with van der Waals surface area (Å²) in [5.74, 6) is 0.0452. The molecule has 3 nitrogen and oxygen atoms in total. The Hall–Kier alpha value is -2.65. The van der Waals surface area contributed by atoms with Gasteiger partial charge in [-0.25, -0.2) is 0 Å². The zero-order valence-corrected chi connectivity index (χ0v) is 14.8. The Morgan fingerprint density at radius 1 is 0.920 bits per heavy atom. The van der Waals surface area contributed by atoms with Gasteiger partial charge in [0.2, 0.25) is 5.91 Å². The van der Waals surface area contributed by atoms with Crippen LogP contribution in [0.5, 0.6) is 0 Å². The molecule has 0 spiro atoms. The largest absolute Gasteiger partial charge is 0.351 e. The Morgan fingerprint density at radius 2 is 1.60 bits per heavy atom. The van der Waals surface area contributed by atoms with Crippen molar-refractivity contribution in [2.45, 2.75) is 20.0 Å². The number of carbonyl (C=O) groups excluding carboxylic acids is 1. The van der Waals surface area contributed by atoms with E-state index in [1.807, 2.05) is 24.1 Å². The number of carbonyl (C=O) groups is 1. The van der Waals surface area contributed by atoms with Crippen LogP contribution in [0.15, 0.2) is 66.7 Å². The fourth-order valence-corrected chi connectivity index (χ4v) is 2.91. The minimum Gasteiger partial charge on any atom is -0.351 e. The fourth-order valence-electron chi connectivity index (χ4n) is 2.91. The number of nitrogens with zero attached hydrogens (tertiary/aromatic N) is 1. The number of benzene rings is 3. The van der Waals surface area contributed by atoms with Gasteiger partial charge in [-0.3, -0.25) is 9.69 Å². The third-order valence-corrected chi connectivity index (χ3v) is 4.29. The van der Waals surface area contributed by atoms with Gasteiger partial charge in [-0.1, -0.05) is 66.2 Å². The molecule has 0 saturated heterocycles. The molecule has 0 radical (unpaired) electrons. The lowest BCUT2D eigenvalue weighted by molar-refractivity contribution is -0.122. The van der Waals surface area contributed by atoms with E-state index in [4.69, 9.17) is 0 Å². The second-order valence-corrected chi connectivity index (χ2v) is 6.62. The van der Waals surface area contributed by atoms with Crippen LogP contribution in [0, 0.1) is 6.92 Å². The number of nitrogens with one attached hydrogen (secondary N) is 1. The highest BCUT2D eigenvalue weighted by Gasteiger charge is 2.07. The van der Waals surface area contributed by atoms with Crippen LogP contribution in [0.4, 0.5) is 0 Å². The van der Waals surface area contributed by atoms with Crippen LogP contribution >= 0.6 is 0 Å². The third-order valence-electron chi connectivity index (χ3n) is 4.29. The van der Waals surface area contributed by atoms with Gasteiger partial charge in [0.15, 0.2) is 0 Å². The normalized spacial score (nSPS) is 11.0. The van der Waals surface area contributed by atoms with E-state index in [9.17, 15) is 4.79 Å². The standard InChI is InChI=1S/C22H24N2O/c1-17-7-9-18(10-8-17)14-23-22(25)16-24(2)15-19-11-12-20-5-3-4-6-21(20)13-19/h3-13H,14-16H2,1-2H3,(H,23,25). The molecular weight excluding hydrogens is 308 g/mol. The monoisotopic (exact) mass is 332 g/mol. The van der Waals surface area contributed by atoms with Crippen molar-refractivity contribution < 1.29 is 4.79 Å². The molecule has 3 aromatic rings. The molecule has 0 bridgehead atoms. The molecule has 128 valence electrons. The first kappa shape index (κ1) is 17.2. The average molecular weight is 332 g/mol. The highest BCUT2D eigenvalue weighted by Crippen LogP contribution is 2.16. The van der Waals surface area contributed by atoms with Crippen molar-refractivity contribution in [3.63, 3.8) is 0 Å². The maximum absolute atomic E-state index is 12.1. The fraction of sp³-hybridized carbons (Fsp3) is 0.227. The summed E-state index contributed by atoms with van der Waals surface area (Å²) in [6, 6.07) is 23.0. The topological polar surface area (TPSA) is 32.3 Å². The van der Waals surface area contributed by atoms with Crippen molar-refractivity contribution in [2.24, 2.45) is 0 Å². The first-order chi connectivity index (χ1) is 12.1. The Balaban J connectivity index is 1.51. The van der Waals surface area contributed by atoms with E-state index in [2.05, 4.69) is 66.8 Å². The van der Waals surface area contributed by atoms with Gasteiger partial charge in [0, 0.05) is 13.1 Å². The highest BCUT2D eigenvalue weighted by molar-refractivity contribution is 5.83. The van der Waals surface area contributed by atoms with E-state index in [1.54, 1.807) is 0 Å². The lowest BCUT2D eigenvalue weighted by Gasteiger charge is -2.17. The first-order valence-corrected chi connectivity index (χ1v) is 8.58. The molecule has 0 aliphatic carbocycles. The van der Waals surface area contributed by atoms with Gasteiger partial charge < -0.3 is 5.32 Å². The zero-order valence-electron chi connectivity index (χ0n) is 14.8. The van der Waals surface area contributed by atoms with Crippen LogP contribution in [0.25, 0.3) is 10.8 Å². The van der Waals surface area contributed by atoms with Gasteiger partial charge in [-0.15, -0.1) is 0 Å². The number of amides is 1. The summed E-state index contributed by atoms with van der Waals surface area (Å²) in [4.78, 5) is 14.2. The van der Waals surface area contributed by atoms with Crippen molar-refractivity contribution in [2.75, 3.05) is 13.6 Å². The summed E-state index contributed by atoms with van der Waals surface area (Å²) in [5.41, 5.74) is 3.56. The second kappa shape index (κ2) is 7.95. The molecule has 3 heteroatoms. The van der Waals surface area contributed by atoms with Crippen LogP contribution in [0.1, 0.15) is 16.7 Å².